The molecule has 0 aliphatic heterocycles. The van der Waals surface area contributed by atoms with Gasteiger partial charge in [0.2, 0.25) is 0 Å². The molecule has 0 aliphatic carbocycles. The predicted octanol–water partition coefficient (Wildman–Crippen LogP) is 1.93. The molecule has 1 aromatic heterocycles. The second kappa shape index (κ2) is 2.31. The molecule has 0 unspecified atom stereocenters. The van der Waals surface area contributed by atoms with Crippen LogP contribution in [0.25, 0.3) is 0 Å². The highest BCUT2D eigenvalue weighted by atomic mass is 35.5. The van der Waals surface area contributed by atoms with Crippen LogP contribution in [-0.4, -0.2) is 9.78 Å². The number of hydrogen-bond donors (Lipinski definition) is 0. The fourth-order valence-electron chi connectivity index (χ4n) is 0.422. The highest BCUT2D eigenvalue weighted by Crippen LogP contribution is 2.12. The molecular formula is C4H3ClF2N2. The fourth-order valence-corrected chi connectivity index (χ4v) is 0.565. The van der Waals surface area contributed by atoms with Crippen molar-refractivity contribution in [2.45, 2.75) is 6.55 Å². The second-order valence-corrected chi connectivity index (χ2v) is 1.85. The number of rotatable bonds is 1. The fraction of sp³-hybridized carbons (Fsp3) is 0.250. The van der Waals surface area contributed by atoms with E-state index in [0.717, 1.165) is 12.4 Å². The summed E-state index contributed by atoms with van der Waals surface area (Å²) in [4.78, 5) is 0. The Morgan fingerprint density at radius 1 is 1.67 bits per heavy atom. The Labute approximate surface area is 55.0 Å². The lowest BCUT2D eigenvalue weighted by atomic mass is 10.7. The van der Waals surface area contributed by atoms with Crippen molar-refractivity contribution in [1.82, 2.24) is 9.78 Å². The van der Waals surface area contributed by atoms with Crippen molar-refractivity contribution in [2.24, 2.45) is 0 Å². The van der Waals surface area contributed by atoms with Gasteiger partial charge in [0.25, 0.3) is 0 Å². The average molecular weight is 153 g/mol. The van der Waals surface area contributed by atoms with Crippen molar-refractivity contribution >= 4 is 11.6 Å². The lowest BCUT2D eigenvalue weighted by Gasteiger charge is -1.93. The molecule has 0 N–H and O–H groups in total. The monoisotopic (exact) mass is 152 g/mol. The summed E-state index contributed by atoms with van der Waals surface area (Å²) in [6.07, 6.45) is 2.22. The van der Waals surface area contributed by atoms with Gasteiger partial charge in [-0.05, 0) is 0 Å². The molecule has 0 bridgehead atoms. The number of halogens is 3. The van der Waals surface area contributed by atoms with Crippen molar-refractivity contribution in [2.75, 3.05) is 0 Å². The van der Waals surface area contributed by atoms with Gasteiger partial charge in [-0.25, -0.2) is 4.68 Å². The van der Waals surface area contributed by atoms with Crippen LogP contribution in [0.5, 0.6) is 0 Å². The topological polar surface area (TPSA) is 17.8 Å². The lowest BCUT2D eigenvalue weighted by Crippen LogP contribution is -1.96. The van der Waals surface area contributed by atoms with Gasteiger partial charge in [-0.3, -0.25) is 0 Å². The standard InChI is InChI=1S/C4H3ClF2N2/c5-3-1-8-9(2-3)4(6)7/h1-2,4H. The van der Waals surface area contributed by atoms with E-state index in [1.165, 1.54) is 0 Å². The summed E-state index contributed by atoms with van der Waals surface area (Å²) >= 11 is 5.29. The maximum atomic E-state index is 11.6. The summed E-state index contributed by atoms with van der Waals surface area (Å²) in [7, 11) is 0. The number of alkyl halides is 2. The SMILES string of the molecule is FC(F)n1cc(Cl)cn1. The first-order chi connectivity index (χ1) is 4.20. The molecule has 0 amide bonds. The number of hydrogen-bond acceptors (Lipinski definition) is 1. The van der Waals surface area contributed by atoms with Crippen LogP contribution in [0.2, 0.25) is 5.02 Å². The molecule has 0 fully saturated rings. The molecule has 0 atom stereocenters. The molecule has 0 spiro atoms. The van der Waals surface area contributed by atoms with Gasteiger partial charge in [0, 0.05) is 6.20 Å². The van der Waals surface area contributed by atoms with Crippen LogP contribution < -0.4 is 0 Å². The first-order valence-electron chi connectivity index (χ1n) is 2.18. The summed E-state index contributed by atoms with van der Waals surface area (Å²) in [5.74, 6) is 0. The van der Waals surface area contributed by atoms with Crippen molar-refractivity contribution in [3.63, 3.8) is 0 Å². The highest BCUT2D eigenvalue weighted by Gasteiger charge is 2.04. The zero-order valence-electron chi connectivity index (χ0n) is 4.26. The van der Waals surface area contributed by atoms with E-state index in [2.05, 4.69) is 5.10 Å². The molecule has 0 radical (unpaired) electrons. The number of nitrogens with zero attached hydrogens (tertiary/aromatic N) is 2. The summed E-state index contributed by atoms with van der Waals surface area (Å²) in [6, 6.07) is 0. The van der Waals surface area contributed by atoms with Crippen molar-refractivity contribution < 1.29 is 8.78 Å². The van der Waals surface area contributed by atoms with E-state index in [-0.39, 0.29) is 5.02 Å². The molecule has 9 heavy (non-hydrogen) atoms. The summed E-state index contributed by atoms with van der Waals surface area (Å²) in [5.41, 5.74) is 0. The van der Waals surface area contributed by atoms with E-state index in [1.807, 2.05) is 0 Å². The summed E-state index contributed by atoms with van der Waals surface area (Å²) in [5, 5.41) is 3.47. The molecule has 0 aliphatic rings. The molecule has 2 nitrogen and oxygen atoms in total. The molecule has 0 saturated heterocycles. The summed E-state index contributed by atoms with van der Waals surface area (Å²) in [6.45, 7) is -2.60. The van der Waals surface area contributed by atoms with E-state index in [4.69, 9.17) is 11.6 Å². The molecule has 1 aromatic rings. The Hall–Kier alpha value is -0.640. The Morgan fingerprint density at radius 2 is 2.33 bits per heavy atom. The van der Waals surface area contributed by atoms with E-state index >= 15 is 0 Å². The third kappa shape index (κ3) is 1.38. The third-order valence-electron chi connectivity index (χ3n) is 0.770. The van der Waals surface area contributed by atoms with E-state index in [1.54, 1.807) is 0 Å². The van der Waals surface area contributed by atoms with Crippen LogP contribution in [0.3, 0.4) is 0 Å². The largest absolute Gasteiger partial charge is 0.333 e. The molecule has 0 aromatic carbocycles. The zero-order valence-corrected chi connectivity index (χ0v) is 5.02. The van der Waals surface area contributed by atoms with Gasteiger partial charge in [0.05, 0.1) is 11.2 Å². The van der Waals surface area contributed by atoms with E-state index in [9.17, 15) is 8.78 Å². The van der Waals surface area contributed by atoms with Crippen molar-refractivity contribution in [3.05, 3.63) is 17.4 Å². The van der Waals surface area contributed by atoms with Gasteiger partial charge in [0.15, 0.2) is 0 Å². The molecule has 50 valence electrons. The van der Waals surface area contributed by atoms with Gasteiger partial charge in [0.1, 0.15) is 0 Å². The normalized spacial score (nSPS) is 10.7. The first-order valence-corrected chi connectivity index (χ1v) is 2.56. The van der Waals surface area contributed by atoms with Gasteiger partial charge >= 0.3 is 6.55 Å². The maximum absolute atomic E-state index is 11.6. The van der Waals surface area contributed by atoms with E-state index < -0.39 is 6.55 Å². The summed E-state index contributed by atoms with van der Waals surface area (Å²) < 4.78 is 23.7. The van der Waals surface area contributed by atoms with Crippen LogP contribution in [0, 0.1) is 0 Å². The third-order valence-corrected chi connectivity index (χ3v) is 0.965. The van der Waals surface area contributed by atoms with Crippen LogP contribution in [0.15, 0.2) is 12.4 Å². The van der Waals surface area contributed by atoms with Gasteiger partial charge < -0.3 is 0 Å². The zero-order chi connectivity index (χ0) is 6.85. The van der Waals surface area contributed by atoms with Crippen LogP contribution >= 0.6 is 11.6 Å². The van der Waals surface area contributed by atoms with Crippen LogP contribution in [0.4, 0.5) is 8.78 Å². The smallest absolute Gasteiger partial charge is 0.210 e. The average Bonchev–Trinajstić information content (AvgIpc) is 2.14. The van der Waals surface area contributed by atoms with Gasteiger partial charge in [-0.15, -0.1) is 0 Å². The number of aromatic nitrogens is 2. The Morgan fingerprint density at radius 3 is 2.56 bits per heavy atom. The Balaban J connectivity index is 2.85. The quantitative estimate of drug-likeness (QED) is 0.601. The Kier molecular flexibility index (Phi) is 1.66. The van der Waals surface area contributed by atoms with Gasteiger partial charge in [-0.2, -0.15) is 13.9 Å². The van der Waals surface area contributed by atoms with E-state index in [0.29, 0.717) is 4.68 Å². The van der Waals surface area contributed by atoms with Crippen LogP contribution in [0.1, 0.15) is 6.55 Å². The maximum Gasteiger partial charge on any atom is 0.333 e. The second-order valence-electron chi connectivity index (χ2n) is 1.42. The Bertz CT molecular complexity index is 198. The molecule has 5 heteroatoms. The molecule has 1 rings (SSSR count). The first kappa shape index (κ1) is 6.48. The minimum Gasteiger partial charge on any atom is -0.210 e. The molecule has 0 saturated carbocycles. The van der Waals surface area contributed by atoms with Crippen molar-refractivity contribution in [3.8, 4) is 0 Å². The van der Waals surface area contributed by atoms with Crippen LogP contribution in [-0.2, 0) is 0 Å². The molecular weight excluding hydrogens is 150 g/mol. The van der Waals surface area contributed by atoms with Gasteiger partial charge in [-0.1, -0.05) is 11.6 Å². The predicted molar refractivity (Wildman–Crippen MR) is 28.5 cm³/mol. The minimum atomic E-state index is -2.60. The molecule has 1 heterocycles. The lowest BCUT2D eigenvalue weighted by molar-refractivity contribution is 0.0566. The minimum absolute atomic E-state index is 0.218. The van der Waals surface area contributed by atoms with Crippen molar-refractivity contribution in [1.29, 1.82) is 0 Å². The highest BCUT2D eigenvalue weighted by molar-refractivity contribution is 6.30.